The molecule has 4 atom stereocenters. The van der Waals surface area contributed by atoms with Crippen LogP contribution in [-0.2, 0) is 4.79 Å². The largest absolute Gasteiger partial charge is 0.322 e. The maximum absolute atomic E-state index is 12.7. The van der Waals surface area contributed by atoms with Crippen LogP contribution in [0.5, 0.6) is 0 Å². The quantitative estimate of drug-likeness (QED) is 0.861. The van der Waals surface area contributed by atoms with Gasteiger partial charge in [-0.25, -0.2) is 0 Å². The van der Waals surface area contributed by atoms with Crippen LogP contribution in [-0.4, -0.2) is 40.6 Å². The molecule has 0 spiro atoms. The highest BCUT2D eigenvalue weighted by Gasteiger charge is 2.46. The molecule has 4 heteroatoms. The van der Waals surface area contributed by atoms with Crippen LogP contribution >= 0.6 is 11.8 Å². The highest BCUT2D eigenvalue weighted by atomic mass is 32.2. The molecule has 1 aliphatic heterocycles. The molecule has 0 aromatic rings. The van der Waals surface area contributed by atoms with Gasteiger partial charge in [-0.15, -0.1) is 0 Å². The maximum atomic E-state index is 12.7. The summed E-state index contributed by atoms with van der Waals surface area (Å²) in [6, 6.07) is 0.467. The van der Waals surface area contributed by atoms with Crippen LogP contribution in [0.2, 0.25) is 0 Å². The molecular weight excluding hydrogens is 256 g/mol. The van der Waals surface area contributed by atoms with Crippen LogP contribution < -0.4 is 5.32 Å². The molecule has 2 aliphatic rings. The summed E-state index contributed by atoms with van der Waals surface area (Å²) in [6.45, 7) is 8.69. The van der Waals surface area contributed by atoms with Crippen molar-refractivity contribution in [3.8, 4) is 0 Å². The van der Waals surface area contributed by atoms with Gasteiger partial charge in [-0.2, -0.15) is 11.8 Å². The minimum atomic E-state index is 0.0146. The Balaban J connectivity index is 2.14. The Morgan fingerprint density at radius 1 is 1.21 bits per heavy atom. The van der Waals surface area contributed by atoms with E-state index in [9.17, 15) is 4.79 Å². The fraction of sp³-hybridized carbons (Fsp3) is 0.933. The lowest BCUT2D eigenvalue weighted by atomic mass is 10.0. The van der Waals surface area contributed by atoms with Gasteiger partial charge >= 0.3 is 0 Å². The number of amides is 1. The minimum absolute atomic E-state index is 0.0146. The molecule has 2 fully saturated rings. The van der Waals surface area contributed by atoms with Crippen LogP contribution in [0.4, 0.5) is 0 Å². The van der Waals surface area contributed by atoms with E-state index in [4.69, 9.17) is 0 Å². The summed E-state index contributed by atoms with van der Waals surface area (Å²) < 4.78 is 0. The maximum Gasteiger partial charge on any atom is 0.241 e. The van der Waals surface area contributed by atoms with Crippen molar-refractivity contribution >= 4 is 17.7 Å². The Kier molecular flexibility index (Phi) is 4.83. The van der Waals surface area contributed by atoms with E-state index in [0.717, 1.165) is 5.25 Å². The number of carbonyl (C=O) groups excluding carboxylic acids is 1. The van der Waals surface area contributed by atoms with Gasteiger partial charge < -0.3 is 4.90 Å². The van der Waals surface area contributed by atoms with Gasteiger partial charge in [0, 0.05) is 11.3 Å². The van der Waals surface area contributed by atoms with Crippen molar-refractivity contribution < 1.29 is 4.79 Å². The summed E-state index contributed by atoms with van der Waals surface area (Å²) in [5.41, 5.74) is 0. The standard InChI is InChI=1S/C15H28N2OS/c1-9(2)13-15(18)17(14(16-13)10(3)4)11-6-7-12(8-11)19-5/h9-14,16H,6-8H2,1-5H3. The molecule has 1 saturated heterocycles. The summed E-state index contributed by atoms with van der Waals surface area (Å²) >= 11 is 1.95. The number of rotatable bonds is 4. The molecule has 1 aliphatic carbocycles. The van der Waals surface area contributed by atoms with Gasteiger partial charge in [0.25, 0.3) is 0 Å². The van der Waals surface area contributed by atoms with Gasteiger partial charge in [0.1, 0.15) is 0 Å². The first-order valence-corrected chi connectivity index (χ1v) is 8.85. The molecule has 1 heterocycles. The molecule has 1 amide bonds. The summed E-state index contributed by atoms with van der Waals surface area (Å²) in [6.07, 6.45) is 6.02. The van der Waals surface area contributed by atoms with Crippen molar-refractivity contribution in [3.05, 3.63) is 0 Å². The minimum Gasteiger partial charge on any atom is -0.322 e. The number of nitrogens with zero attached hydrogens (tertiary/aromatic N) is 1. The van der Waals surface area contributed by atoms with Gasteiger partial charge in [0.05, 0.1) is 12.2 Å². The van der Waals surface area contributed by atoms with Crippen LogP contribution in [0.25, 0.3) is 0 Å². The third-order valence-corrected chi connectivity index (χ3v) is 5.65. The van der Waals surface area contributed by atoms with E-state index >= 15 is 0 Å². The van der Waals surface area contributed by atoms with E-state index in [0.29, 0.717) is 23.8 Å². The Hall–Kier alpha value is -0.220. The number of hydrogen-bond donors (Lipinski definition) is 1. The zero-order valence-electron chi connectivity index (χ0n) is 12.8. The van der Waals surface area contributed by atoms with Crippen molar-refractivity contribution in [2.24, 2.45) is 11.8 Å². The molecule has 0 aromatic carbocycles. The molecule has 3 nitrogen and oxygen atoms in total. The predicted octanol–water partition coefficient (Wildman–Crippen LogP) is 2.71. The Bertz CT molecular complexity index is 332. The van der Waals surface area contributed by atoms with Crippen molar-refractivity contribution in [1.29, 1.82) is 0 Å². The lowest BCUT2D eigenvalue weighted by Crippen LogP contribution is -2.46. The van der Waals surface area contributed by atoms with Crippen molar-refractivity contribution in [2.75, 3.05) is 6.26 Å². The van der Waals surface area contributed by atoms with E-state index in [1.165, 1.54) is 19.3 Å². The first-order chi connectivity index (χ1) is 8.95. The topological polar surface area (TPSA) is 32.3 Å². The van der Waals surface area contributed by atoms with Gasteiger partial charge in [-0.3, -0.25) is 10.1 Å². The third-order valence-electron chi connectivity index (χ3n) is 4.55. The van der Waals surface area contributed by atoms with Crippen molar-refractivity contribution in [2.45, 2.75) is 70.5 Å². The molecule has 0 radical (unpaired) electrons. The van der Waals surface area contributed by atoms with Gasteiger partial charge in [-0.05, 0) is 37.4 Å². The predicted molar refractivity (Wildman–Crippen MR) is 82.2 cm³/mol. The first-order valence-electron chi connectivity index (χ1n) is 7.56. The summed E-state index contributed by atoms with van der Waals surface area (Å²) in [5, 5.41) is 4.31. The second-order valence-corrected chi connectivity index (χ2v) is 7.79. The van der Waals surface area contributed by atoms with E-state index in [1.807, 2.05) is 11.8 Å². The lowest BCUT2D eigenvalue weighted by Gasteiger charge is -2.32. The van der Waals surface area contributed by atoms with Crippen molar-refractivity contribution in [3.63, 3.8) is 0 Å². The van der Waals surface area contributed by atoms with Crippen LogP contribution in [0.15, 0.2) is 0 Å². The Morgan fingerprint density at radius 2 is 1.89 bits per heavy atom. The summed E-state index contributed by atoms with van der Waals surface area (Å²) in [4.78, 5) is 14.9. The van der Waals surface area contributed by atoms with Crippen LogP contribution in [0.3, 0.4) is 0 Å². The average molecular weight is 284 g/mol. The second-order valence-electron chi connectivity index (χ2n) is 6.65. The monoisotopic (exact) mass is 284 g/mol. The molecule has 4 unspecified atom stereocenters. The fourth-order valence-electron chi connectivity index (χ4n) is 3.42. The Labute approximate surface area is 121 Å². The first kappa shape index (κ1) is 15.2. The molecule has 1 saturated carbocycles. The molecule has 0 bridgehead atoms. The number of nitrogens with one attached hydrogen (secondary N) is 1. The molecule has 19 heavy (non-hydrogen) atoms. The Morgan fingerprint density at radius 3 is 2.37 bits per heavy atom. The smallest absolute Gasteiger partial charge is 0.241 e. The van der Waals surface area contributed by atoms with E-state index in [1.54, 1.807) is 0 Å². The zero-order valence-corrected chi connectivity index (χ0v) is 13.7. The van der Waals surface area contributed by atoms with Crippen LogP contribution in [0.1, 0.15) is 47.0 Å². The third kappa shape index (κ3) is 2.94. The summed E-state index contributed by atoms with van der Waals surface area (Å²) in [7, 11) is 0. The van der Waals surface area contributed by atoms with E-state index in [-0.39, 0.29) is 12.2 Å². The highest BCUT2D eigenvalue weighted by molar-refractivity contribution is 7.99. The molecule has 2 rings (SSSR count). The van der Waals surface area contributed by atoms with Crippen molar-refractivity contribution in [1.82, 2.24) is 10.2 Å². The number of thioether (sulfide) groups is 1. The molecule has 1 N–H and O–H groups in total. The summed E-state index contributed by atoms with van der Waals surface area (Å²) in [5.74, 6) is 1.18. The fourth-order valence-corrected chi connectivity index (χ4v) is 4.20. The molecule has 0 aromatic heterocycles. The number of hydrogen-bond acceptors (Lipinski definition) is 3. The van der Waals surface area contributed by atoms with Crippen LogP contribution in [0, 0.1) is 11.8 Å². The highest BCUT2D eigenvalue weighted by Crippen LogP contribution is 2.35. The van der Waals surface area contributed by atoms with E-state index in [2.05, 4.69) is 44.2 Å². The van der Waals surface area contributed by atoms with Gasteiger partial charge in [-0.1, -0.05) is 27.7 Å². The number of carbonyl (C=O) groups is 1. The van der Waals surface area contributed by atoms with Gasteiger partial charge in [0.2, 0.25) is 5.91 Å². The van der Waals surface area contributed by atoms with Gasteiger partial charge in [0.15, 0.2) is 0 Å². The zero-order chi connectivity index (χ0) is 14.2. The SMILES string of the molecule is CSC1CCC(N2C(=O)C(C(C)C)NC2C(C)C)C1. The van der Waals surface area contributed by atoms with E-state index < -0.39 is 0 Å². The average Bonchev–Trinajstić information content (AvgIpc) is 2.92. The molecule has 110 valence electrons. The molecular formula is C15H28N2OS. The second kappa shape index (κ2) is 6.04. The normalized spacial score (nSPS) is 35.9. The lowest BCUT2D eigenvalue weighted by molar-refractivity contribution is -0.133.